The van der Waals surface area contributed by atoms with Crippen LogP contribution in [0.2, 0.25) is 6.82 Å². The van der Waals surface area contributed by atoms with E-state index < -0.39 is 12.7 Å². The molecule has 82 valence electrons. The number of ether oxygens (including phenoxy) is 1. The van der Waals surface area contributed by atoms with E-state index in [9.17, 15) is 9.41 Å². The lowest BCUT2D eigenvalue weighted by atomic mass is 9.64. The fourth-order valence-corrected chi connectivity index (χ4v) is 1.79. The van der Waals surface area contributed by atoms with Crippen LogP contribution in [0.3, 0.4) is 0 Å². The Morgan fingerprint density at radius 2 is 2.07 bits per heavy atom. The average molecular weight is 275 g/mol. The zero-order valence-electron chi connectivity index (χ0n) is 8.92. The Labute approximate surface area is 97.7 Å². The van der Waals surface area contributed by atoms with E-state index in [0.717, 1.165) is 0 Å². The van der Waals surface area contributed by atoms with Gasteiger partial charge in [-0.3, -0.25) is 0 Å². The molecule has 15 heavy (non-hydrogen) atoms. The van der Waals surface area contributed by atoms with Gasteiger partial charge in [-0.25, -0.2) is 4.39 Å². The number of benzene rings is 1. The van der Waals surface area contributed by atoms with Crippen LogP contribution >= 0.6 is 15.9 Å². The minimum absolute atomic E-state index is 0.0238. The Hall–Kier alpha value is -0.545. The SMILES string of the molecule is CB(O)c1cc(F)cc(Br)c1OC(C)C. The molecule has 0 atom stereocenters. The average Bonchev–Trinajstić information content (AvgIpc) is 2.08. The van der Waals surface area contributed by atoms with Crippen LogP contribution < -0.4 is 10.2 Å². The summed E-state index contributed by atoms with van der Waals surface area (Å²) >= 11 is 3.22. The molecule has 1 aromatic carbocycles. The molecule has 0 saturated carbocycles. The molecule has 0 unspecified atom stereocenters. The van der Waals surface area contributed by atoms with Crippen molar-refractivity contribution in [1.82, 2.24) is 0 Å². The van der Waals surface area contributed by atoms with Crippen LogP contribution in [0.5, 0.6) is 5.75 Å². The van der Waals surface area contributed by atoms with E-state index in [-0.39, 0.29) is 6.10 Å². The fraction of sp³-hybridized carbons (Fsp3) is 0.400. The summed E-state index contributed by atoms with van der Waals surface area (Å²) < 4.78 is 19.1. The normalized spacial score (nSPS) is 10.6. The molecule has 0 spiro atoms. The highest BCUT2D eigenvalue weighted by atomic mass is 79.9. The van der Waals surface area contributed by atoms with E-state index in [4.69, 9.17) is 4.74 Å². The minimum atomic E-state index is -0.759. The third kappa shape index (κ3) is 3.21. The Kier molecular flexibility index (Phi) is 4.17. The standard InChI is InChI=1S/C10H13BBrFO2/c1-6(2)15-10-8(11(3)14)4-7(13)5-9(10)12/h4-6,14H,1-3H3. The molecule has 0 aliphatic carbocycles. The molecule has 0 bridgehead atoms. The number of hydrogen-bond acceptors (Lipinski definition) is 2. The summed E-state index contributed by atoms with van der Waals surface area (Å²) in [5.74, 6) is 0.107. The maximum absolute atomic E-state index is 13.1. The molecule has 0 aliphatic rings. The second kappa shape index (κ2) is 4.99. The fourth-order valence-electron chi connectivity index (χ4n) is 1.25. The summed E-state index contributed by atoms with van der Waals surface area (Å²) in [5.41, 5.74) is 0.454. The third-order valence-corrected chi connectivity index (χ3v) is 2.43. The van der Waals surface area contributed by atoms with Gasteiger partial charge in [-0.15, -0.1) is 0 Å². The third-order valence-electron chi connectivity index (χ3n) is 1.84. The Bertz CT molecular complexity index is 356. The van der Waals surface area contributed by atoms with Crippen molar-refractivity contribution in [3.05, 3.63) is 22.4 Å². The molecule has 0 fully saturated rings. The predicted molar refractivity (Wildman–Crippen MR) is 63.3 cm³/mol. The van der Waals surface area contributed by atoms with Crippen LogP contribution in [0.25, 0.3) is 0 Å². The van der Waals surface area contributed by atoms with Crippen LogP contribution in [0.1, 0.15) is 13.8 Å². The molecule has 0 heterocycles. The topological polar surface area (TPSA) is 29.5 Å². The summed E-state index contributed by atoms with van der Waals surface area (Å²) in [7, 11) is 0. The van der Waals surface area contributed by atoms with Crippen molar-refractivity contribution in [2.45, 2.75) is 26.8 Å². The van der Waals surface area contributed by atoms with Crippen molar-refractivity contribution >= 4 is 28.3 Å². The summed E-state index contributed by atoms with van der Waals surface area (Å²) in [5, 5.41) is 9.50. The van der Waals surface area contributed by atoms with Crippen molar-refractivity contribution in [3.63, 3.8) is 0 Å². The monoisotopic (exact) mass is 274 g/mol. The van der Waals surface area contributed by atoms with Crippen molar-refractivity contribution in [2.75, 3.05) is 0 Å². The molecule has 2 nitrogen and oxygen atoms in total. The lowest BCUT2D eigenvalue weighted by Crippen LogP contribution is -2.30. The molecule has 1 N–H and O–H groups in total. The Morgan fingerprint density at radius 3 is 2.53 bits per heavy atom. The summed E-state index contributed by atoms with van der Waals surface area (Å²) in [6.45, 7) is 4.57. The molecule has 1 rings (SSSR count). The second-order valence-corrected chi connectivity index (χ2v) is 4.50. The van der Waals surface area contributed by atoms with E-state index in [1.165, 1.54) is 12.1 Å². The van der Waals surface area contributed by atoms with Gasteiger partial charge in [0.05, 0.1) is 10.6 Å². The zero-order chi connectivity index (χ0) is 11.6. The Morgan fingerprint density at radius 1 is 1.47 bits per heavy atom. The first-order valence-electron chi connectivity index (χ1n) is 4.75. The molecule has 1 aromatic rings. The van der Waals surface area contributed by atoms with E-state index in [0.29, 0.717) is 15.7 Å². The molecular formula is C10H13BBrFO2. The quantitative estimate of drug-likeness (QED) is 0.857. The second-order valence-electron chi connectivity index (χ2n) is 3.65. The van der Waals surface area contributed by atoms with Gasteiger partial charge in [0.15, 0.2) is 0 Å². The van der Waals surface area contributed by atoms with Crippen LogP contribution in [-0.4, -0.2) is 18.0 Å². The van der Waals surface area contributed by atoms with Gasteiger partial charge in [-0.05, 0) is 47.4 Å². The molecule has 0 aromatic heterocycles. The minimum Gasteiger partial charge on any atom is -0.490 e. The Balaban J connectivity index is 3.21. The highest BCUT2D eigenvalue weighted by molar-refractivity contribution is 9.10. The number of halogens is 2. The van der Waals surface area contributed by atoms with Gasteiger partial charge < -0.3 is 9.76 Å². The summed E-state index contributed by atoms with van der Waals surface area (Å²) in [6, 6.07) is 2.61. The van der Waals surface area contributed by atoms with Crippen LogP contribution in [-0.2, 0) is 0 Å². The van der Waals surface area contributed by atoms with Gasteiger partial charge in [0.1, 0.15) is 11.6 Å². The lowest BCUT2D eigenvalue weighted by Gasteiger charge is -2.16. The molecule has 0 amide bonds. The van der Waals surface area contributed by atoms with Crippen molar-refractivity contribution in [1.29, 1.82) is 0 Å². The maximum Gasteiger partial charge on any atom is 0.324 e. The van der Waals surface area contributed by atoms with Gasteiger partial charge in [0, 0.05) is 0 Å². The maximum atomic E-state index is 13.1. The number of rotatable bonds is 3. The van der Waals surface area contributed by atoms with Gasteiger partial charge in [-0.1, -0.05) is 6.82 Å². The summed E-state index contributed by atoms with van der Waals surface area (Å²) in [4.78, 5) is 0. The van der Waals surface area contributed by atoms with E-state index >= 15 is 0 Å². The first kappa shape index (κ1) is 12.5. The molecular weight excluding hydrogens is 262 g/mol. The lowest BCUT2D eigenvalue weighted by molar-refractivity contribution is 0.242. The van der Waals surface area contributed by atoms with Crippen LogP contribution in [0.15, 0.2) is 16.6 Å². The number of hydrogen-bond donors (Lipinski definition) is 1. The molecule has 0 saturated heterocycles. The highest BCUT2D eigenvalue weighted by Gasteiger charge is 2.18. The predicted octanol–water partition coefficient (Wildman–Crippen LogP) is 2.20. The van der Waals surface area contributed by atoms with Crippen LogP contribution in [0, 0.1) is 5.82 Å². The largest absolute Gasteiger partial charge is 0.490 e. The first-order chi connectivity index (χ1) is 6.91. The van der Waals surface area contributed by atoms with E-state index in [1.807, 2.05) is 13.8 Å². The van der Waals surface area contributed by atoms with Gasteiger partial charge in [-0.2, -0.15) is 0 Å². The van der Waals surface area contributed by atoms with Crippen molar-refractivity contribution in [2.24, 2.45) is 0 Å². The molecule has 0 aliphatic heterocycles. The van der Waals surface area contributed by atoms with Crippen molar-refractivity contribution < 1.29 is 14.2 Å². The molecule has 0 radical (unpaired) electrons. The van der Waals surface area contributed by atoms with E-state index in [2.05, 4.69) is 15.9 Å². The van der Waals surface area contributed by atoms with Gasteiger partial charge >= 0.3 is 6.92 Å². The van der Waals surface area contributed by atoms with Crippen molar-refractivity contribution in [3.8, 4) is 5.75 Å². The van der Waals surface area contributed by atoms with Gasteiger partial charge in [0.25, 0.3) is 0 Å². The van der Waals surface area contributed by atoms with Gasteiger partial charge in [0.2, 0.25) is 0 Å². The van der Waals surface area contributed by atoms with E-state index in [1.54, 1.807) is 6.82 Å². The smallest absolute Gasteiger partial charge is 0.324 e. The zero-order valence-corrected chi connectivity index (χ0v) is 10.5. The van der Waals surface area contributed by atoms with Crippen LogP contribution in [0.4, 0.5) is 4.39 Å². The highest BCUT2D eigenvalue weighted by Crippen LogP contribution is 2.25. The summed E-state index contributed by atoms with van der Waals surface area (Å²) in [6.07, 6.45) is -0.0238. The first-order valence-corrected chi connectivity index (χ1v) is 5.54. The molecule has 5 heteroatoms.